The fourth-order valence-corrected chi connectivity index (χ4v) is 4.10. The van der Waals surface area contributed by atoms with Crippen molar-refractivity contribution in [2.24, 2.45) is 0 Å². The number of nitrogens with one attached hydrogen (secondary N) is 1. The van der Waals surface area contributed by atoms with Crippen molar-refractivity contribution in [2.75, 3.05) is 5.32 Å². The van der Waals surface area contributed by atoms with Gasteiger partial charge in [0.2, 0.25) is 0 Å². The van der Waals surface area contributed by atoms with Gasteiger partial charge in [0.15, 0.2) is 0 Å². The summed E-state index contributed by atoms with van der Waals surface area (Å²) < 4.78 is 2.12. The monoisotopic (exact) mass is 444 g/mol. The van der Waals surface area contributed by atoms with E-state index in [-0.39, 0.29) is 5.57 Å². The number of nitrogens with zero attached hydrogens (tertiary/aromatic N) is 3. The number of aromatic nitrogens is 1. The maximum atomic E-state index is 12.9. The van der Waals surface area contributed by atoms with Crippen molar-refractivity contribution in [2.45, 2.75) is 26.8 Å². The first-order valence-corrected chi connectivity index (χ1v) is 11.1. The molecule has 4 aromatic rings. The molecule has 5 nitrogen and oxygen atoms in total. The van der Waals surface area contributed by atoms with Crippen LogP contribution in [-0.2, 0) is 17.8 Å². The first-order chi connectivity index (χ1) is 16.5. The summed E-state index contributed by atoms with van der Waals surface area (Å²) in [7, 11) is 0. The molecular formula is C29H24N4O. The molecule has 0 bridgehead atoms. The smallest absolute Gasteiger partial charge is 0.266 e. The maximum Gasteiger partial charge on any atom is 0.266 e. The largest absolute Gasteiger partial charge is 0.340 e. The van der Waals surface area contributed by atoms with Gasteiger partial charge in [-0.2, -0.15) is 10.5 Å². The highest BCUT2D eigenvalue weighted by atomic mass is 16.1. The van der Waals surface area contributed by atoms with E-state index in [1.807, 2.05) is 79.7 Å². The number of benzene rings is 3. The lowest BCUT2D eigenvalue weighted by Gasteiger charge is -2.10. The Hall–Kier alpha value is -4.61. The van der Waals surface area contributed by atoms with Crippen LogP contribution in [0.1, 0.15) is 34.9 Å². The number of hydrogen-bond donors (Lipinski definition) is 1. The highest BCUT2D eigenvalue weighted by Gasteiger charge is 2.17. The second-order valence-corrected chi connectivity index (χ2v) is 8.05. The van der Waals surface area contributed by atoms with Gasteiger partial charge in [0.05, 0.1) is 11.6 Å². The van der Waals surface area contributed by atoms with Crippen molar-refractivity contribution in [3.63, 3.8) is 0 Å². The minimum Gasteiger partial charge on any atom is -0.340 e. The molecule has 0 aliphatic rings. The summed E-state index contributed by atoms with van der Waals surface area (Å²) in [6.07, 6.45) is 2.57. The Morgan fingerprint density at radius 3 is 2.41 bits per heavy atom. The van der Waals surface area contributed by atoms with Crippen LogP contribution in [0.25, 0.3) is 17.0 Å². The van der Waals surface area contributed by atoms with E-state index >= 15 is 0 Å². The van der Waals surface area contributed by atoms with Crippen LogP contribution in [0.3, 0.4) is 0 Å². The minimum absolute atomic E-state index is 0.0306. The molecule has 0 saturated heterocycles. The highest BCUT2D eigenvalue weighted by Crippen LogP contribution is 2.29. The molecule has 0 spiro atoms. The molecule has 0 fully saturated rings. The van der Waals surface area contributed by atoms with Gasteiger partial charge in [-0.1, -0.05) is 55.5 Å². The molecule has 34 heavy (non-hydrogen) atoms. The fourth-order valence-electron chi connectivity index (χ4n) is 4.10. The molecule has 0 radical (unpaired) electrons. The van der Waals surface area contributed by atoms with E-state index in [0.29, 0.717) is 17.8 Å². The molecule has 0 unspecified atom stereocenters. The number of hydrogen-bond acceptors (Lipinski definition) is 3. The standard InChI is InChI=1S/C29H24N4O/c1-3-21-12-14-25(15-13-21)32-29(34)24(18-31)16-27-20(2)33(28-11-7-6-10-26(27)28)19-23-9-5-4-8-22(23)17-30/h4-16H,3,19H2,1-2H3,(H,32,34). The maximum absolute atomic E-state index is 12.9. The Morgan fingerprint density at radius 2 is 1.71 bits per heavy atom. The number of rotatable bonds is 6. The number of carbonyl (C=O) groups is 1. The Labute approximate surface area is 199 Å². The van der Waals surface area contributed by atoms with Crippen molar-refractivity contribution < 1.29 is 4.79 Å². The third-order valence-corrected chi connectivity index (χ3v) is 6.02. The van der Waals surface area contributed by atoms with Gasteiger partial charge in [-0.3, -0.25) is 4.79 Å². The van der Waals surface area contributed by atoms with Gasteiger partial charge in [-0.15, -0.1) is 0 Å². The average Bonchev–Trinajstić information content (AvgIpc) is 3.13. The first kappa shape index (κ1) is 22.6. The van der Waals surface area contributed by atoms with Crippen molar-refractivity contribution >= 4 is 28.6 Å². The van der Waals surface area contributed by atoms with Crippen LogP contribution in [0.2, 0.25) is 0 Å². The second-order valence-electron chi connectivity index (χ2n) is 8.05. The van der Waals surface area contributed by atoms with E-state index in [9.17, 15) is 15.3 Å². The van der Waals surface area contributed by atoms with Gasteiger partial charge >= 0.3 is 0 Å². The summed E-state index contributed by atoms with van der Waals surface area (Å²) in [6, 6.07) is 27.3. The Balaban J connectivity index is 1.73. The van der Waals surface area contributed by atoms with Crippen LogP contribution in [0.5, 0.6) is 0 Å². The first-order valence-electron chi connectivity index (χ1n) is 11.1. The van der Waals surface area contributed by atoms with E-state index in [1.165, 1.54) is 5.56 Å². The Kier molecular flexibility index (Phi) is 6.57. The van der Waals surface area contributed by atoms with Gasteiger partial charge < -0.3 is 9.88 Å². The van der Waals surface area contributed by atoms with E-state index in [1.54, 1.807) is 6.08 Å². The fraction of sp³-hybridized carbons (Fsp3) is 0.138. The number of carbonyl (C=O) groups excluding carboxylic acids is 1. The molecule has 0 saturated carbocycles. The van der Waals surface area contributed by atoms with Gasteiger partial charge in [0.25, 0.3) is 5.91 Å². The number of amides is 1. The molecule has 0 aliphatic heterocycles. The van der Waals surface area contributed by atoms with E-state index < -0.39 is 5.91 Å². The summed E-state index contributed by atoms with van der Waals surface area (Å²) in [5.41, 5.74) is 6.11. The summed E-state index contributed by atoms with van der Waals surface area (Å²) in [4.78, 5) is 12.9. The lowest BCUT2D eigenvalue weighted by Crippen LogP contribution is -2.13. The molecule has 1 amide bonds. The molecule has 0 atom stereocenters. The molecule has 3 aromatic carbocycles. The van der Waals surface area contributed by atoms with Gasteiger partial charge in [0, 0.05) is 34.4 Å². The molecule has 4 rings (SSSR count). The minimum atomic E-state index is -0.446. The summed E-state index contributed by atoms with van der Waals surface area (Å²) >= 11 is 0. The molecular weight excluding hydrogens is 420 g/mol. The molecule has 5 heteroatoms. The van der Waals surface area contributed by atoms with Crippen LogP contribution >= 0.6 is 0 Å². The zero-order chi connectivity index (χ0) is 24.1. The number of aryl methyl sites for hydroxylation is 1. The Bertz CT molecular complexity index is 1480. The predicted molar refractivity (Wildman–Crippen MR) is 135 cm³/mol. The van der Waals surface area contributed by atoms with Crippen LogP contribution < -0.4 is 5.32 Å². The zero-order valence-corrected chi connectivity index (χ0v) is 19.2. The lowest BCUT2D eigenvalue weighted by molar-refractivity contribution is -0.112. The van der Waals surface area contributed by atoms with Crippen molar-refractivity contribution in [3.05, 3.63) is 106 Å². The number of anilines is 1. The lowest BCUT2D eigenvalue weighted by atomic mass is 10.1. The Morgan fingerprint density at radius 1 is 1.00 bits per heavy atom. The van der Waals surface area contributed by atoms with Crippen molar-refractivity contribution in [1.82, 2.24) is 4.57 Å². The highest BCUT2D eigenvalue weighted by molar-refractivity contribution is 6.11. The van der Waals surface area contributed by atoms with E-state index in [4.69, 9.17) is 0 Å². The molecule has 1 N–H and O–H groups in total. The topological polar surface area (TPSA) is 81.6 Å². The van der Waals surface area contributed by atoms with Crippen LogP contribution in [0, 0.1) is 29.6 Å². The molecule has 166 valence electrons. The quantitative estimate of drug-likeness (QED) is 0.293. The van der Waals surface area contributed by atoms with Gasteiger partial charge in [-0.25, -0.2) is 0 Å². The average molecular weight is 445 g/mol. The normalized spacial score (nSPS) is 11.1. The molecule has 1 heterocycles. The SMILES string of the molecule is CCc1ccc(NC(=O)C(C#N)=Cc2c(C)n(Cc3ccccc3C#N)c3ccccc23)cc1. The second kappa shape index (κ2) is 9.90. The van der Waals surface area contributed by atoms with Gasteiger partial charge in [0.1, 0.15) is 11.6 Å². The summed E-state index contributed by atoms with van der Waals surface area (Å²) in [6.45, 7) is 4.56. The third-order valence-electron chi connectivity index (χ3n) is 6.02. The van der Waals surface area contributed by atoms with E-state index in [0.717, 1.165) is 34.1 Å². The number of fused-ring (bicyclic) bond motifs is 1. The third kappa shape index (κ3) is 4.46. The number of nitriles is 2. The zero-order valence-electron chi connectivity index (χ0n) is 19.2. The van der Waals surface area contributed by atoms with Gasteiger partial charge in [-0.05, 0) is 54.8 Å². The van der Waals surface area contributed by atoms with Crippen molar-refractivity contribution in [1.29, 1.82) is 10.5 Å². The molecule has 1 aromatic heterocycles. The predicted octanol–water partition coefficient (Wildman–Crippen LogP) is 5.98. The summed E-state index contributed by atoms with van der Waals surface area (Å²) in [5, 5.41) is 23.0. The van der Waals surface area contributed by atoms with Crippen LogP contribution in [0.4, 0.5) is 5.69 Å². The van der Waals surface area contributed by atoms with Crippen LogP contribution in [-0.4, -0.2) is 10.5 Å². The van der Waals surface area contributed by atoms with E-state index in [2.05, 4.69) is 28.9 Å². The van der Waals surface area contributed by atoms with Crippen LogP contribution in [0.15, 0.2) is 78.4 Å². The van der Waals surface area contributed by atoms with Crippen molar-refractivity contribution in [3.8, 4) is 12.1 Å². The molecule has 0 aliphatic carbocycles. The number of para-hydroxylation sites is 1. The summed E-state index contributed by atoms with van der Waals surface area (Å²) in [5.74, 6) is -0.446.